The Labute approximate surface area is 81.6 Å². The predicted molar refractivity (Wildman–Crippen MR) is 53.5 cm³/mol. The molecule has 0 amide bonds. The second kappa shape index (κ2) is 5.39. The smallest absolute Gasteiger partial charge is 0.163 e. The topological polar surface area (TPSA) is 40.9 Å². The monoisotopic (exact) mass is 191 g/mol. The number of nitriles is 1. The molecule has 0 unspecified atom stereocenters. The van der Waals surface area contributed by atoms with Gasteiger partial charge in [-0.1, -0.05) is 30.3 Å². The zero-order chi connectivity index (χ0) is 9.52. The van der Waals surface area contributed by atoms with Gasteiger partial charge in [0, 0.05) is 17.7 Å². The number of ketones is 1. The molecule has 1 rings (SSSR count). The summed E-state index contributed by atoms with van der Waals surface area (Å²) in [6.07, 6.45) is 0.433. The van der Waals surface area contributed by atoms with Crippen molar-refractivity contribution >= 4 is 17.5 Å². The van der Waals surface area contributed by atoms with Crippen LogP contribution in [0.2, 0.25) is 0 Å². The number of hydrogen-bond acceptors (Lipinski definition) is 3. The number of thioether (sulfide) groups is 1. The van der Waals surface area contributed by atoms with Crippen LogP contribution in [0.5, 0.6) is 0 Å². The third-order valence-corrected chi connectivity index (χ3v) is 2.13. The van der Waals surface area contributed by atoms with E-state index in [4.69, 9.17) is 5.26 Å². The van der Waals surface area contributed by atoms with E-state index in [-0.39, 0.29) is 5.78 Å². The molecule has 0 saturated heterocycles. The van der Waals surface area contributed by atoms with E-state index in [1.54, 1.807) is 12.1 Å². The highest BCUT2D eigenvalue weighted by Gasteiger charge is 2.03. The van der Waals surface area contributed by atoms with E-state index < -0.39 is 0 Å². The molecule has 0 aromatic heterocycles. The number of nitrogens with zero attached hydrogens (tertiary/aromatic N) is 1. The third kappa shape index (κ3) is 3.30. The summed E-state index contributed by atoms with van der Waals surface area (Å²) in [7, 11) is 0. The molecule has 0 atom stereocenters. The molecule has 0 spiro atoms. The molecule has 13 heavy (non-hydrogen) atoms. The fourth-order valence-corrected chi connectivity index (χ4v) is 1.34. The van der Waals surface area contributed by atoms with Crippen LogP contribution >= 0.6 is 11.8 Å². The minimum atomic E-state index is 0.100. The molecule has 0 bridgehead atoms. The molecule has 0 fully saturated rings. The van der Waals surface area contributed by atoms with Crippen LogP contribution in [0.25, 0.3) is 0 Å². The van der Waals surface area contributed by atoms with E-state index in [1.807, 2.05) is 23.6 Å². The minimum Gasteiger partial charge on any atom is -0.294 e. The molecule has 0 aliphatic heterocycles. The van der Waals surface area contributed by atoms with Gasteiger partial charge in [-0.2, -0.15) is 5.26 Å². The number of hydrogen-bond donors (Lipinski definition) is 0. The van der Waals surface area contributed by atoms with E-state index in [2.05, 4.69) is 0 Å². The maximum Gasteiger partial charge on any atom is 0.163 e. The maximum absolute atomic E-state index is 11.4. The van der Waals surface area contributed by atoms with Crippen LogP contribution in [0.1, 0.15) is 16.8 Å². The van der Waals surface area contributed by atoms with Crippen LogP contribution in [0.3, 0.4) is 0 Å². The Hall–Kier alpha value is -1.27. The van der Waals surface area contributed by atoms with E-state index in [0.29, 0.717) is 12.2 Å². The van der Waals surface area contributed by atoms with Crippen molar-refractivity contribution in [1.82, 2.24) is 0 Å². The summed E-state index contributed by atoms with van der Waals surface area (Å²) in [4.78, 5) is 11.4. The highest BCUT2D eigenvalue weighted by Crippen LogP contribution is 2.06. The molecule has 0 heterocycles. The lowest BCUT2D eigenvalue weighted by molar-refractivity contribution is 0.0989. The number of benzene rings is 1. The molecule has 0 radical (unpaired) electrons. The highest BCUT2D eigenvalue weighted by atomic mass is 32.2. The number of rotatable bonds is 4. The van der Waals surface area contributed by atoms with Crippen LogP contribution in [0.15, 0.2) is 30.3 Å². The highest BCUT2D eigenvalue weighted by molar-refractivity contribution is 8.03. The fourth-order valence-electron chi connectivity index (χ4n) is 0.958. The Morgan fingerprint density at radius 1 is 1.38 bits per heavy atom. The van der Waals surface area contributed by atoms with Crippen LogP contribution in [0.4, 0.5) is 0 Å². The average molecular weight is 191 g/mol. The largest absolute Gasteiger partial charge is 0.294 e. The molecular weight excluding hydrogens is 182 g/mol. The summed E-state index contributed by atoms with van der Waals surface area (Å²) in [5, 5.41) is 10.2. The number of carbonyl (C=O) groups is 1. The molecule has 3 heteroatoms. The summed E-state index contributed by atoms with van der Waals surface area (Å²) in [6.45, 7) is 0. The van der Waals surface area contributed by atoms with Gasteiger partial charge in [0.2, 0.25) is 0 Å². The Morgan fingerprint density at radius 3 is 2.69 bits per heavy atom. The summed E-state index contributed by atoms with van der Waals surface area (Å²) >= 11 is 1.12. The van der Waals surface area contributed by atoms with Crippen molar-refractivity contribution in [3.8, 4) is 5.40 Å². The zero-order valence-corrected chi connectivity index (χ0v) is 7.88. The van der Waals surface area contributed by atoms with E-state index in [9.17, 15) is 4.79 Å². The average Bonchev–Trinajstić information content (AvgIpc) is 2.19. The van der Waals surface area contributed by atoms with Crippen molar-refractivity contribution in [2.24, 2.45) is 0 Å². The molecule has 66 valence electrons. The van der Waals surface area contributed by atoms with Gasteiger partial charge in [0.1, 0.15) is 5.40 Å². The maximum atomic E-state index is 11.4. The lowest BCUT2D eigenvalue weighted by Gasteiger charge is -1.97. The van der Waals surface area contributed by atoms with Gasteiger partial charge in [0.05, 0.1) is 0 Å². The first-order valence-corrected chi connectivity index (χ1v) is 4.92. The summed E-state index contributed by atoms with van der Waals surface area (Å²) in [6, 6.07) is 9.13. The van der Waals surface area contributed by atoms with E-state index >= 15 is 0 Å². The van der Waals surface area contributed by atoms with Crippen molar-refractivity contribution in [1.29, 1.82) is 5.26 Å². The normalized spacial score (nSPS) is 9.15. The third-order valence-electron chi connectivity index (χ3n) is 1.59. The van der Waals surface area contributed by atoms with Gasteiger partial charge in [-0.15, -0.1) is 0 Å². The summed E-state index contributed by atoms with van der Waals surface area (Å²) in [5.41, 5.74) is 0.723. The molecule has 1 aromatic rings. The molecule has 1 aromatic carbocycles. The molecule has 0 aliphatic rings. The van der Waals surface area contributed by atoms with Crippen LogP contribution in [-0.2, 0) is 0 Å². The first-order valence-electron chi connectivity index (χ1n) is 3.93. The zero-order valence-electron chi connectivity index (χ0n) is 7.06. The predicted octanol–water partition coefficient (Wildman–Crippen LogP) is 2.47. The van der Waals surface area contributed by atoms with Gasteiger partial charge < -0.3 is 0 Å². The number of carbonyl (C=O) groups excluding carboxylic acids is 1. The van der Waals surface area contributed by atoms with Crippen molar-refractivity contribution in [3.05, 3.63) is 35.9 Å². The number of Topliss-reactive ketones (excluding diaryl/α,β-unsaturated/α-hetero) is 1. The second-order valence-electron chi connectivity index (χ2n) is 2.48. The Morgan fingerprint density at radius 2 is 2.08 bits per heavy atom. The van der Waals surface area contributed by atoms with Gasteiger partial charge >= 0.3 is 0 Å². The summed E-state index contributed by atoms with van der Waals surface area (Å²) < 4.78 is 0. The van der Waals surface area contributed by atoms with Crippen molar-refractivity contribution in [2.75, 3.05) is 5.75 Å². The van der Waals surface area contributed by atoms with Gasteiger partial charge in [-0.25, -0.2) is 0 Å². The van der Waals surface area contributed by atoms with Crippen LogP contribution in [0, 0.1) is 10.7 Å². The second-order valence-corrected chi connectivity index (χ2v) is 3.36. The Kier molecular flexibility index (Phi) is 4.07. The summed E-state index contributed by atoms with van der Waals surface area (Å²) in [5.74, 6) is 0.674. The quantitative estimate of drug-likeness (QED) is 0.417. The SMILES string of the molecule is N#CSCCC(=O)c1ccccc1. The van der Waals surface area contributed by atoms with Crippen LogP contribution < -0.4 is 0 Å². The van der Waals surface area contributed by atoms with Gasteiger partial charge in [-0.3, -0.25) is 4.79 Å². The minimum absolute atomic E-state index is 0.100. The fraction of sp³-hybridized carbons (Fsp3) is 0.200. The molecule has 0 aliphatic carbocycles. The molecular formula is C10H9NOS. The standard InChI is InChI=1S/C10H9NOS/c11-8-13-7-6-10(12)9-4-2-1-3-5-9/h1-5H,6-7H2. The molecule has 2 nitrogen and oxygen atoms in total. The lowest BCUT2D eigenvalue weighted by atomic mass is 10.1. The Bertz CT molecular complexity index is 315. The van der Waals surface area contributed by atoms with Gasteiger partial charge in [-0.05, 0) is 11.8 Å². The Balaban J connectivity index is 2.46. The first-order chi connectivity index (χ1) is 6.34. The first kappa shape index (κ1) is 9.82. The molecule has 0 saturated carbocycles. The van der Waals surface area contributed by atoms with Crippen molar-refractivity contribution in [2.45, 2.75) is 6.42 Å². The van der Waals surface area contributed by atoms with Crippen molar-refractivity contribution in [3.63, 3.8) is 0 Å². The number of thiocyanates is 1. The van der Waals surface area contributed by atoms with E-state index in [0.717, 1.165) is 17.3 Å². The van der Waals surface area contributed by atoms with Gasteiger partial charge in [0.25, 0.3) is 0 Å². The van der Waals surface area contributed by atoms with Gasteiger partial charge in [0.15, 0.2) is 5.78 Å². The lowest BCUT2D eigenvalue weighted by Crippen LogP contribution is -1.99. The molecule has 0 N–H and O–H groups in total. The van der Waals surface area contributed by atoms with Crippen LogP contribution in [-0.4, -0.2) is 11.5 Å². The van der Waals surface area contributed by atoms with Crippen molar-refractivity contribution < 1.29 is 4.79 Å². The van der Waals surface area contributed by atoms with E-state index in [1.165, 1.54) is 0 Å².